The van der Waals surface area contributed by atoms with Crippen molar-refractivity contribution in [1.29, 1.82) is 0 Å². The Morgan fingerprint density at radius 2 is 0.500 bits per heavy atom. The molecular weight excluding hydrogens is 154 g/mol. The van der Waals surface area contributed by atoms with Crippen LogP contribution >= 0.6 is 12.4 Å². The van der Waals surface area contributed by atoms with E-state index >= 15 is 0 Å². The van der Waals surface area contributed by atoms with Crippen molar-refractivity contribution in [2.75, 3.05) is 0 Å². The van der Waals surface area contributed by atoms with Gasteiger partial charge in [-0.1, -0.05) is 0 Å². The zero-order valence-electron chi connectivity index (χ0n) is 2.79. The van der Waals surface area contributed by atoms with Crippen LogP contribution in [0.1, 0.15) is 0 Å². The standard InChI is InChI=1S/ClH.Mn.4H2O/h1H;;4*1H2/q;+2;;;;. The van der Waals surface area contributed by atoms with E-state index in [4.69, 9.17) is 0 Å². The molecule has 0 rings (SSSR count). The van der Waals surface area contributed by atoms with E-state index in [9.17, 15) is 0 Å². The van der Waals surface area contributed by atoms with Gasteiger partial charge in [-0.2, -0.15) is 0 Å². The number of rotatable bonds is 0. The molecule has 0 aliphatic carbocycles. The molecule has 0 aromatic carbocycles. The summed E-state index contributed by atoms with van der Waals surface area (Å²) in [5, 5.41) is 0. The van der Waals surface area contributed by atoms with Crippen LogP contribution in [-0.2, 0) is 17.1 Å². The van der Waals surface area contributed by atoms with E-state index in [-0.39, 0.29) is 51.4 Å². The maximum Gasteiger partial charge on any atom is 2.00 e. The number of halogens is 1. The van der Waals surface area contributed by atoms with Gasteiger partial charge in [0.25, 0.3) is 0 Å². The van der Waals surface area contributed by atoms with Crippen LogP contribution < -0.4 is 0 Å². The first-order valence-corrected chi connectivity index (χ1v) is 0. The fourth-order valence-electron chi connectivity index (χ4n) is 0. The largest absolute Gasteiger partial charge is 2.00 e. The molecule has 0 aromatic heterocycles. The molecular formula is H9ClMnO4+2. The Hall–Kier alpha value is 0.649. The Bertz CT molecular complexity index is 7.51. The first-order valence-electron chi connectivity index (χ1n) is 0. The Kier molecular flexibility index (Phi) is 24300. The maximum absolute atomic E-state index is 0. The third-order valence-corrected chi connectivity index (χ3v) is 0. The van der Waals surface area contributed by atoms with Crippen LogP contribution in [0, 0.1) is 0 Å². The van der Waals surface area contributed by atoms with E-state index < -0.39 is 0 Å². The van der Waals surface area contributed by atoms with E-state index in [0.29, 0.717) is 0 Å². The Labute approximate surface area is 52.0 Å². The number of hydrogen-bond donors (Lipinski definition) is 0. The zero-order valence-corrected chi connectivity index (χ0v) is 4.78. The average molecular weight is 163 g/mol. The van der Waals surface area contributed by atoms with Crippen LogP contribution in [0.4, 0.5) is 0 Å². The molecule has 0 spiro atoms. The molecule has 0 heterocycles. The summed E-state index contributed by atoms with van der Waals surface area (Å²) in [7, 11) is 0. The van der Waals surface area contributed by atoms with Crippen molar-refractivity contribution in [2.45, 2.75) is 0 Å². The minimum atomic E-state index is 0. The van der Waals surface area contributed by atoms with E-state index in [0.717, 1.165) is 0 Å². The minimum Gasteiger partial charge on any atom is -0.412 e. The summed E-state index contributed by atoms with van der Waals surface area (Å²) in [5.74, 6) is 0. The second kappa shape index (κ2) is 290. The van der Waals surface area contributed by atoms with Gasteiger partial charge in [-0.15, -0.1) is 12.4 Å². The molecule has 4 nitrogen and oxygen atoms in total. The molecule has 0 saturated heterocycles. The Balaban J connectivity index is 0. The zero-order chi connectivity index (χ0) is 0. The molecule has 8 N–H and O–H groups in total. The van der Waals surface area contributed by atoms with Crippen LogP contribution in [0.2, 0.25) is 0 Å². The predicted molar refractivity (Wildman–Crippen MR) is 21.7 cm³/mol. The smallest absolute Gasteiger partial charge is 0.412 e. The molecule has 0 amide bonds. The summed E-state index contributed by atoms with van der Waals surface area (Å²) in [6, 6.07) is 0. The molecule has 6 heavy (non-hydrogen) atoms. The van der Waals surface area contributed by atoms with Gasteiger partial charge >= 0.3 is 17.1 Å². The first kappa shape index (κ1) is 503. The van der Waals surface area contributed by atoms with Crippen molar-refractivity contribution in [1.82, 2.24) is 0 Å². The molecule has 0 fully saturated rings. The molecule has 0 aromatic rings. The Morgan fingerprint density at radius 3 is 0.500 bits per heavy atom. The van der Waals surface area contributed by atoms with Gasteiger partial charge in [0.2, 0.25) is 0 Å². The number of hydrogen-bond acceptors (Lipinski definition) is 0. The molecule has 1 radical (unpaired) electrons. The van der Waals surface area contributed by atoms with Crippen LogP contribution in [0.3, 0.4) is 0 Å². The topological polar surface area (TPSA) is 126 Å². The predicted octanol–water partition coefficient (Wildman–Crippen LogP) is -2.88. The van der Waals surface area contributed by atoms with Gasteiger partial charge in [0.05, 0.1) is 0 Å². The van der Waals surface area contributed by atoms with Gasteiger partial charge in [0.15, 0.2) is 0 Å². The second-order valence-corrected chi connectivity index (χ2v) is 0. The summed E-state index contributed by atoms with van der Waals surface area (Å²) in [5.41, 5.74) is 0. The van der Waals surface area contributed by atoms with Gasteiger partial charge < -0.3 is 21.9 Å². The fourth-order valence-corrected chi connectivity index (χ4v) is 0. The van der Waals surface area contributed by atoms with Gasteiger partial charge in [-0.25, -0.2) is 0 Å². The molecule has 0 atom stereocenters. The molecule has 6 heteroatoms. The quantitative estimate of drug-likeness (QED) is 0.340. The molecule has 0 unspecified atom stereocenters. The van der Waals surface area contributed by atoms with Gasteiger partial charge in [-0.05, 0) is 0 Å². The van der Waals surface area contributed by atoms with E-state index in [1.807, 2.05) is 0 Å². The van der Waals surface area contributed by atoms with Crippen molar-refractivity contribution < 1.29 is 39.0 Å². The van der Waals surface area contributed by atoms with Crippen LogP contribution in [-0.4, -0.2) is 21.9 Å². The van der Waals surface area contributed by atoms with Crippen LogP contribution in [0.15, 0.2) is 0 Å². The first-order chi connectivity index (χ1) is 0. The van der Waals surface area contributed by atoms with Crippen molar-refractivity contribution in [2.24, 2.45) is 0 Å². The summed E-state index contributed by atoms with van der Waals surface area (Å²) in [6.07, 6.45) is 0. The average Bonchev–Trinajstić information content (AvgIpc) is 0. The molecule has 45 valence electrons. The van der Waals surface area contributed by atoms with E-state index in [1.165, 1.54) is 0 Å². The molecule has 0 saturated carbocycles. The molecule has 0 aliphatic rings. The van der Waals surface area contributed by atoms with Crippen molar-refractivity contribution >= 4 is 12.4 Å². The maximum atomic E-state index is 0. The summed E-state index contributed by atoms with van der Waals surface area (Å²) >= 11 is 0. The van der Waals surface area contributed by atoms with Gasteiger partial charge in [0, 0.05) is 0 Å². The van der Waals surface area contributed by atoms with E-state index in [2.05, 4.69) is 0 Å². The summed E-state index contributed by atoms with van der Waals surface area (Å²) in [6.45, 7) is 0. The summed E-state index contributed by atoms with van der Waals surface area (Å²) in [4.78, 5) is 0. The molecule has 0 aliphatic heterocycles. The van der Waals surface area contributed by atoms with Gasteiger partial charge in [-0.3, -0.25) is 0 Å². The van der Waals surface area contributed by atoms with Crippen LogP contribution in [0.5, 0.6) is 0 Å². The molecule has 0 bridgehead atoms. The van der Waals surface area contributed by atoms with Crippen molar-refractivity contribution in [3.8, 4) is 0 Å². The normalized spacial score (nSPS) is 0. The summed E-state index contributed by atoms with van der Waals surface area (Å²) < 4.78 is 0. The fraction of sp³-hybridized carbons (Fsp3) is 0. The van der Waals surface area contributed by atoms with Gasteiger partial charge in [0.1, 0.15) is 0 Å². The second-order valence-electron chi connectivity index (χ2n) is 0. The Morgan fingerprint density at radius 1 is 0.500 bits per heavy atom. The minimum absolute atomic E-state index is 0. The third kappa shape index (κ3) is 147. The SMILES string of the molecule is Cl.O.O.O.O.[Mn+2]. The third-order valence-electron chi connectivity index (χ3n) is 0. The van der Waals surface area contributed by atoms with Crippen LogP contribution in [0.25, 0.3) is 0 Å². The monoisotopic (exact) mass is 163 g/mol. The van der Waals surface area contributed by atoms with E-state index in [1.54, 1.807) is 0 Å². The van der Waals surface area contributed by atoms with Crippen molar-refractivity contribution in [3.63, 3.8) is 0 Å². The van der Waals surface area contributed by atoms with Crippen molar-refractivity contribution in [3.05, 3.63) is 0 Å².